The van der Waals surface area contributed by atoms with E-state index in [0.29, 0.717) is 12.4 Å². The lowest BCUT2D eigenvalue weighted by Crippen LogP contribution is -2.31. The Hall–Kier alpha value is -1.10. The van der Waals surface area contributed by atoms with Crippen LogP contribution in [0.15, 0.2) is 4.79 Å². The van der Waals surface area contributed by atoms with Gasteiger partial charge in [-0.1, -0.05) is 25.7 Å². The molecule has 5 heteroatoms. The Morgan fingerprint density at radius 2 is 2.00 bits per heavy atom. The molecule has 0 aromatic carbocycles. The highest BCUT2D eigenvalue weighted by atomic mass is 16.5. The minimum atomic E-state index is -0.371. The predicted molar refractivity (Wildman–Crippen MR) is 60.2 cm³/mol. The van der Waals surface area contributed by atoms with Crippen LogP contribution in [-0.4, -0.2) is 21.8 Å². The molecular weight excluding hydrogens is 206 g/mol. The number of hydrogen-bond donors (Lipinski definition) is 2. The summed E-state index contributed by atoms with van der Waals surface area (Å²) in [4.78, 5) is 13.9. The maximum absolute atomic E-state index is 11.1. The van der Waals surface area contributed by atoms with E-state index < -0.39 is 0 Å². The standard InChI is InChI=1S/C11H19N3O2/c1-2-16-11(7-5-3-4-6-8-11)9-12-10(15)14-13-9/h2-8H2,1H3,(H2,12,13,14,15). The van der Waals surface area contributed by atoms with E-state index in [-0.39, 0.29) is 11.3 Å². The largest absolute Gasteiger partial charge is 0.367 e. The summed E-state index contributed by atoms with van der Waals surface area (Å²) in [6, 6.07) is 0. The first-order valence-corrected chi connectivity index (χ1v) is 6.06. The van der Waals surface area contributed by atoms with Gasteiger partial charge in [0.15, 0.2) is 5.82 Å². The van der Waals surface area contributed by atoms with Crippen molar-refractivity contribution in [2.45, 2.75) is 51.0 Å². The van der Waals surface area contributed by atoms with Crippen LogP contribution in [0.5, 0.6) is 0 Å². The molecule has 1 aliphatic rings. The van der Waals surface area contributed by atoms with Crippen LogP contribution in [0.2, 0.25) is 0 Å². The molecule has 0 aliphatic heterocycles. The number of nitrogens with zero attached hydrogens (tertiary/aromatic N) is 1. The molecule has 0 amide bonds. The van der Waals surface area contributed by atoms with Crippen LogP contribution in [0.4, 0.5) is 0 Å². The van der Waals surface area contributed by atoms with E-state index in [9.17, 15) is 4.79 Å². The Balaban J connectivity index is 2.29. The minimum absolute atomic E-state index is 0.252. The molecule has 0 bridgehead atoms. The second-order valence-electron chi connectivity index (χ2n) is 4.37. The molecule has 1 aromatic heterocycles. The summed E-state index contributed by atoms with van der Waals surface area (Å²) in [6.07, 6.45) is 6.64. The third-order valence-corrected chi connectivity index (χ3v) is 3.26. The molecule has 0 unspecified atom stereocenters. The highest BCUT2D eigenvalue weighted by Gasteiger charge is 2.36. The molecule has 0 radical (unpaired) electrons. The summed E-state index contributed by atoms with van der Waals surface area (Å²) in [5.41, 5.74) is -0.622. The van der Waals surface area contributed by atoms with Crippen molar-refractivity contribution < 1.29 is 4.74 Å². The molecule has 2 rings (SSSR count). The van der Waals surface area contributed by atoms with Gasteiger partial charge in [0.25, 0.3) is 0 Å². The topological polar surface area (TPSA) is 70.8 Å². The van der Waals surface area contributed by atoms with Gasteiger partial charge in [-0.2, -0.15) is 5.10 Å². The molecule has 5 nitrogen and oxygen atoms in total. The molecular formula is C11H19N3O2. The fourth-order valence-corrected chi connectivity index (χ4v) is 2.51. The lowest BCUT2D eigenvalue weighted by atomic mass is 9.93. The molecule has 1 saturated carbocycles. The van der Waals surface area contributed by atoms with Gasteiger partial charge in [0.2, 0.25) is 0 Å². The minimum Gasteiger partial charge on any atom is -0.367 e. The van der Waals surface area contributed by atoms with E-state index >= 15 is 0 Å². The zero-order valence-corrected chi connectivity index (χ0v) is 9.71. The van der Waals surface area contributed by atoms with E-state index in [4.69, 9.17) is 4.74 Å². The fraction of sp³-hybridized carbons (Fsp3) is 0.818. The Bertz CT molecular complexity index is 375. The first-order valence-electron chi connectivity index (χ1n) is 6.06. The maximum atomic E-state index is 11.1. The van der Waals surface area contributed by atoms with E-state index in [2.05, 4.69) is 15.2 Å². The van der Waals surface area contributed by atoms with Crippen LogP contribution in [0.25, 0.3) is 0 Å². The lowest BCUT2D eigenvalue weighted by molar-refractivity contribution is -0.0622. The third-order valence-electron chi connectivity index (χ3n) is 3.26. The number of rotatable bonds is 3. The van der Waals surface area contributed by atoms with E-state index in [1.807, 2.05) is 6.92 Å². The summed E-state index contributed by atoms with van der Waals surface area (Å²) >= 11 is 0. The van der Waals surface area contributed by atoms with E-state index in [1.54, 1.807) is 0 Å². The summed E-state index contributed by atoms with van der Waals surface area (Å²) in [6.45, 7) is 2.63. The molecule has 1 aliphatic carbocycles. The van der Waals surface area contributed by atoms with Crippen molar-refractivity contribution in [1.82, 2.24) is 15.2 Å². The van der Waals surface area contributed by atoms with E-state index in [1.165, 1.54) is 12.8 Å². The fourth-order valence-electron chi connectivity index (χ4n) is 2.51. The molecule has 90 valence electrons. The third kappa shape index (κ3) is 2.19. The van der Waals surface area contributed by atoms with Crippen LogP contribution in [0.3, 0.4) is 0 Å². The normalized spacial score (nSPS) is 20.6. The molecule has 1 fully saturated rings. The quantitative estimate of drug-likeness (QED) is 0.769. The van der Waals surface area contributed by atoms with Gasteiger partial charge in [0, 0.05) is 6.61 Å². The number of nitrogens with one attached hydrogen (secondary N) is 2. The highest BCUT2D eigenvalue weighted by Crippen LogP contribution is 2.37. The van der Waals surface area contributed by atoms with Gasteiger partial charge in [0.05, 0.1) is 0 Å². The van der Waals surface area contributed by atoms with Crippen molar-refractivity contribution in [2.75, 3.05) is 6.61 Å². The summed E-state index contributed by atoms with van der Waals surface area (Å²) in [5, 5.41) is 6.48. The van der Waals surface area contributed by atoms with Crippen LogP contribution >= 0.6 is 0 Å². The number of aromatic nitrogens is 3. The summed E-state index contributed by atoms with van der Waals surface area (Å²) in [5.74, 6) is 0.668. The zero-order chi connectivity index (χ0) is 11.4. The molecule has 0 spiro atoms. The summed E-state index contributed by atoms with van der Waals surface area (Å²) < 4.78 is 5.90. The Morgan fingerprint density at radius 1 is 1.31 bits per heavy atom. The first-order chi connectivity index (χ1) is 7.77. The van der Waals surface area contributed by atoms with Crippen molar-refractivity contribution >= 4 is 0 Å². The average molecular weight is 225 g/mol. The zero-order valence-electron chi connectivity index (χ0n) is 9.71. The van der Waals surface area contributed by atoms with Crippen LogP contribution in [0.1, 0.15) is 51.3 Å². The Labute approximate surface area is 94.6 Å². The first kappa shape index (κ1) is 11.4. The second-order valence-corrected chi connectivity index (χ2v) is 4.37. The van der Waals surface area contributed by atoms with Crippen LogP contribution in [0, 0.1) is 0 Å². The van der Waals surface area contributed by atoms with Crippen molar-refractivity contribution in [3.05, 3.63) is 16.3 Å². The van der Waals surface area contributed by atoms with Gasteiger partial charge in [-0.15, -0.1) is 0 Å². The summed E-state index contributed by atoms with van der Waals surface area (Å²) in [7, 11) is 0. The number of hydrogen-bond acceptors (Lipinski definition) is 3. The molecule has 0 atom stereocenters. The second kappa shape index (κ2) is 4.82. The Morgan fingerprint density at radius 3 is 2.50 bits per heavy atom. The molecule has 1 heterocycles. The number of aromatic amines is 2. The maximum Gasteiger partial charge on any atom is 0.340 e. The average Bonchev–Trinajstić information content (AvgIpc) is 2.57. The van der Waals surface area contributed by atoms with Crippen molar-refractivity contribution in [3.8, 4) is 0 Å². The lowest BCUT2D eigenvalue weighted by Gasteiger charge is -2.29. The smallest absolute Gasteiger partial charge is 0.340 e. The SMILES string of the molecule is CCOC1(c2n[nH]c(=O)[nH]2)CCCCCC1. The Kier molecular flexibility index (Phi) is 3.43. The molecule has 16 heavy (non-hydrogen) atoms. The van der Waals surface area contributed by atoms with E-state index in [0.717, 1.165) is 25.7 Å². The van der Waals surface area contributed by atoms with Crippen molar-refractivity contribution in [1.29, 1.82) is 0 Å². The van der Waals surface area contributed by atoms with Crippen LogP contribution in [-0.2, 0) is 10.3 Å². The number of ether oxygens (including phenoxy) is 1. The predicted octanol–water partition coefficient (Wildman–Crippen LogP) is 1.68. The monoisotopic (exact) mass is 225 g/mol. The van der Waals surface area contributed by atoms with Gasteiger partial charge in [-0.3, -0.25) is 4.98 Å². The number of H-pyrrole nitrogens is 2. The molecule has 2 N–H and O–H groups in total. The van der Waals surface area contributed by atoms with Gasteiger partial charge < -0.3 is 4.74 Å². The highest BCUT2D eigenvalue weighted by molar-refractivity contribution is 5.01. The van der Waals surface area contributed by atoms with Crippen LogP contribution < -0.4 is 5.69 Å². The van der Waals surface area contributed by atoms with Gasteiger partial charge in [-0.05, 0) is 19.8 Å². The molecule has 0 saturated heterocycles. The van der Waals surface area contributed by atoms with Gasteiger partial charge >= 0.3 is 5.69 Å². The van der Waals surface area contributed by atoms with Gasteiger partial charge in [0.1, 0.15) is 5.60 Å². The molecule has 1 aromatic rings. The van der Waals surface area contributed by atoms with Crippen molar-refractivity contribution in [2.24, 2.45) is 0 Å². The van der Waals surface area contributed by atoms with Gasteiger partial charge in [-0.25, -0.2) is 9.89 Å². The van der Waals surface area contributed by atoms with Crippen molar-refractivity contribution in [3.63, 3.8) is 0 Å².